The minimum Gasteiger partial charge on any atom is -0.306 e. The Kier molecular flexibility index (Phi) is 4.90. The van der Waals surface area contributed by atoms with Crippen LogP contribution in [0.5, 0.6) is 0 Å². The summed E-state index contributed by atoms with van der Waals surface area (Å²) in [5, 5.41) is 3.43. The Bertz CT molecular complexity index is 424. The second-order valence-electron chi connectivity index (χ2n) is 5.28. The minimum absolute atomic E-state index is 0.0623. The van der Waals surface area contributed by atoms with Gasteiger partial charge in [0, 0.05) is 43.7 Å². The topological polar surface area (TPSA) is 48.5 Å². The summed E-state index contributed by atoms with van der Waals surface area (Å²) < 4.78 is 0. The molecule has 1 amide bonds. The van der Waals surface area contributed by atoms with Crippen LogP contribution < -0.4 is 5.32 Å². The quantitative estimate of drug-likeness (QED) is 0.912. The van der Waals surface area contributed by atoms with E-state index in [0.717, 1.165) is 19.6 Å². The summed E-state index contributed by atoms with van der Waals surface area (Å²) >= 11 is 1.57. The molecule has 6 heteroatoms. The zero-order chi connectivity index (χ0) is 13.8. The molecule has 1 aliphatic rings. The lowest BCUT2D eigenvalue weighted by molar-refractivity contribution is -0.114. The third kappa shape index (κ3) is 4.26. The summed E-state index contributed by atoms with van der Waals surface area (Å²) in [5.41, 5.74) is 0. The van der Waals surface area contributed by atoms with E-state index in [1.165, 1.54) is 24.6 Å². The third-order valence-electron chi connectivity index (χ3n) is 3.50. The molecule has 0 aromatic carbocycles. The first-order valence-electron chi connectivity index (χ1n) is 6.65. The Labute approximate surface area is 118 Å². The predicted octanol–water partition coefficient (Wildman–Crippen LogP) is 1.63. The molecule has 1 saturated heterocycles. The molecule has 19 heavy (non-hydrogen) atoms. The van der Waals surface area contributed by atoms with Gasteiger partial charge in [-0.3, -0.25) is 9.69 Å². The van der Waals surface area contributed by atoms with Crippen molar-refractivity contribution in [2.45, 2.75) is 32.4 Å². The van der Waals surface area contributed by atoms with Crippen LogP contribution in [-0.4, -0.2) is 53.9 Å². The van der Waals surface area contributed by atoms with Gasteiger partial charge in [-0.05, 0) is 26.9 Å². The molecule has 1 aromatic rings. The van der Waals surface area contributed by atoms with Crippen molar-refractivity contribution in [1.82, 2.24) is 14.8 Å². The van der Waals surface area contributed by atoms with Gasteiger partial charge in [0.25, 0.3) is 0 Å². The molecule has 2 heterocycles. The van der Waals surface area contributed by atoms with Crippen LogP contribution >= 0.6 is 11.3 Å². The first-order chi connectivity index (χ1) is 9.04. The second kappa shape index (κ2) is 6.45. The molecule has 0 bridgehead atoms. The van der Waals surface area contributed by atoms with E-state index in [9.17, 15) is 4.79 Å². The Morgan fingerprint density at radius 3 is 2.79 bits per heavy atom. The van der Waals surface area contributed by atoms with E-state index < -0.39 is 0 Å². The second-order valence-corrected chi connectivity index (χ2v) is 6.40. The Morgan fingerprint density at radius 2 is 2.21 bits per heavy atom. The van der Waals surface area contributed by atoms with Crippen molar-refractivity contribution in [1.29, 1.82) is 0 Å². The number of rotatable bonds is 4. The van der Waals surface area contributed by atoms with Gasteiger partial charge in [0.05, 0.1) is 0 Å². The highest BCUT2D eigenvalue weighted by atomic mass is 32.1. The fourth-order valence-electron chi connectivity index (χ4n) is 2.40. The van der Waals surface area contributed by atoms with Crippen molar-refractivity contribution in [3.63, 3.8) is 0 Å². The Morgan fingerprint density at radius 1 is 1.53 bits per heavy atom. The van der Waals surface area contributed by atoms with E-state index in [-0.39, 0.29) is 5.91 Å². The van der Waals surface area contributed by atoms with Gasteiger partial charge in [-0.25, -0.2) is 4.98 Å². The molecular formula is C13H22N4OS. The number of hydrogen-bond acceptors (Lipinski definition) is 5. The van der Waals surface area contributed by atoms with Crippen LogP contribution in [0.2, 0.25) is 0 Å². The van der Waals surface area contributed by atoms with Crippen molar-refractivity contribution >= 4 is 22.4 Å². The summed E-state index contributed by atoms with van der Waals surface area (Å²) in [7, 11) is 4.31. The third-order valence-corrected chi connectivity index (χ3v) is 4.40. The summed E-state index contributed by atoms with van der Waals surface area (Å²) in [6.45, 7) is 4.72. The minimum atomic E-state index is -0.0623. The van der Waals surface area contributed by atoms with E-state index in [4.69, 9.17) is 0 Å². The van der Waals surface area contributed by atoms with Crippen LogP contribution in [-0.2, 0) is 11.3 Å². The van der Waals surface area contributed by atoms with Crippen molar-refractivity contribution < 1.29 is 4.79 Å². The van der Waals surface area contributed by atoms with Crippen molar-refractivity contribution in [2.24, 2.45) is 0 Å². The maximum atomic E-state index is 11.0. The standard InChI is InChI=1S/C13H22N4OS/c1-10(18)15-13-14-8-12(19-13)9-17-6-4-11(5-7-17)16(2)3/h8,11H,4-7,9H2,1-3H3,(H,14,15,18). The van der Waals surface area contributed by atoms with E-state index in [1.54, 1.807) is 11.3 Å². The smallest absolute Gasteiger partial charge is 0.223 e. The van der Waals surface area contributed by atoms with Gasteiger partial charge in [0.1, 0.15) is 0 Å². The molecule has 0 aliphatic carbocycles. The van der Waals surface area contributed by atoms with Crippen LogP contribution in [0.4, 0.5) is 5.13 Å². The van der Waals surface area contributed by atoms with E-state index in [1.807, 2.05) is 6.20 Å². The number of carbonyl (C=O) groups is 1. The average molecular weight is 282 g/mol. The number of piperidine rings is 1. The highest BCUT2D eigenvalue weighted by Gasteiger charge is 2.20. The summed E-state index contributed by atoms with van der Waals surface area (Å²) in [4.78, 5) is 21.2. The van der Waals surface area contributed by atoms with Gasteiger partial charge in [-0.1, -0.05) is 0 Å². The number of aromatic nitrogens is 1. The highest BCUT2D eigenvalue weighted by Crippen LogP contribution is 2.22. The lowest BCUT2D eigenvalue weighted by Gasteiger charge is -2.34. The number of hydrogen-bond donors (Lipinski definition) is 1. The van der Waals surface area contributed by atoms with Crippen LogP contribution in [0.3, 0.4) is 0 Å². The molecule has 1 fully saturated rings. The molecule has 1 aromatic heterocycles. The SMILES string of the molecule is CC(=O)Nc1ncc(CN2CCC(N(C)C)CC2)s1. The van der Waals surface area contributed by atoms with Gasteiger partial charge in [-0.15, -0.1) is 11.3 Å². The van der Waals surface area contributed by atoms with Gasteiger partial charge in [0.2, 0.25) is 5.91 Å². The zero-order valence-corrected chi connectivity index (χ0v) is 12.7. The van der Waals surface area contributed by atoms with Gasteiger partial charge in [-0.2, -0.15) is 0 Å². The molecule has 1 N–H and O–H groups in total. The molecule has 106 valence electrons. The normalized spacial score (nSPS) is 17.9. The number of likely N-dealkylation sites (tertiary alicyclic amines) is 1. The molecule has 0 radical (unpaired) electrons. The lowest BCUT2D eigenvalue weighted by atomic mass is 10.0. The summed E-state index contributed by atoms with van der Waals surface area (Å²) in [6.07, 6.45) is 4.32. The molecule has 0 spiro atoms. The van der Waals surface area contributed by atoms with Gasteiger partial charge in [0.15, 0.2) is 5.13 Å². The zero-order valence-electron chi connectivity index (χ0n) is 11.8. The first kappa shape index (κ1) is 14.4. The average Bonchev–Trinajstić information content (AvgIpc) is 2.76. The predicted molar refractivity (Wildman–Crippen MR) is 78.4 cm³/mol. The molecule has 5 nitrogen and oxygen atoms in total. The molecule has 0 saturated carbocycles. The maximum absolute atomic E-state index is 11.0. The van der Waals surface area contributed by atoms with Crippen molar-refractivity contribution in [2.75, 3.05) is 32.5 Å². The first-order valence-corrected chi connectivity index (χ1v) is 7.47. The Hall–Kier alpha value is -0.980. The summed E-state index contributed by atoms with van der Waals surface area (Å²) in [6, 6.07) is 0.715. The number of nitrogens with one attached hydrogen (secondary N) is 1. The molecule has 1 aliphatic heterocycles. The van der Waals surface area contributed by atoms with Crippen LogP contribution in [0.1, 0.15) is 24.6 Å². The summed E-state index contributed by atoms with van der Waals surface area (Å²) in [5.74, 6) is -0.0623. The van der Waals surface area contributed by atoms with Gasteiger partial charge < -0.3 is 10.2 Å². The lowest BCUT2D eigenvalue weighted by Crippen LogP contribution is -2.41. The number of nitrogens with zero attached hydrogens (tertiary/aromatic N) is 3. The molecular weight excluding hydrogens is 260 g/mol. The van der Waals surface area contributed by atoms with Crippen LogP contribution in [0, 0.1) is 0 Å². The van der Waals surface area contributed by atoms with Gasteiger partial charge >= 0.3 is 0 Å². The fraction of sp³-hybridized carbons (Fsp3) is 0.692. The molecule has 2 rings (SSSR count). The largest absolute Gasteiger partial charge is 0.306 e. The Balaban J connectivity index is 1.82. The number of amides is 1. The van der Waals surface area contributed by atoms with E-state index in [0.29, 0.717) is 11.2 Å². The number of carbonyl (C=O) groups excluding carboxylic acids is 1. The van der Waals surface area contributed by atoms with Crippen molar-refractivity contribution in [3.05, 3.63) is 11.1 Å². The van der Waals surface area contributed by atoms with E-state index >= 15 is 0 Å². The fourth-order valence-corrected chi connectivity index (χ4v) is 3.30. The van der Waals surface area contributed by atoms with Crippen molar-refractivity contribution in [3.8, 4) is 0 Å². The molecule has 0 atom stereocenters. The van der Waals surface area contributed by atoms with E-state index in [2.05, 4.69) is 34.2 Å². The highest BCUT2D eigenvalue weighted by molar-refractivity contribution is 7.15. The maximum Gasteiger partial charge on any atom is 0.223 e. The number of anilines is 1. The van der Waals surface area contributed by atoms with Crippen LogP contribution in [0.25, 0.3) is 0 Å². The monoisotopic (exact) mass is 282 g/mol. The molecule has 0 unspecified atom stereocenters. The van der Waals surface area contributed by atoms with Crippen LogP contribution in [0.15, 0.2) is 6.20 Å². The number of thiazole rings is 1.